The second-order valence-electron chi connectivity index (χ2n) is 5.88. The van der Waals surface area contributed by atoms with Crippen molar-refractivity contribution in [2.75, 3.05) is 11.9 Å². The molecule has 2 N–H and O–H groups in total. The molecule has 1 aromatic heterocycles. The molecule has 6 heteroatoms. The van der Waals surface area contributed by atoms with Gasteiger partial charge in [-0.15, -0.1) is 0 Å². The molecule has 1 fully saturated rings. The first-order valence-corrected chi connectivity index (χ1v) is 7.82. The summed E-state index contributed by atoms with van der Waals surface area (Å²) >= 11 is 0. The zero-order chi connectivity index (χ0) is 16.2. The number of nitrogens with zero attached hydrogens (tertiary/aromatic N) is 2. The first-order valence-electron chi connectivity index (χ1n) is 7.82. The van der Waals surface area contributed by atoms with E-state index >= 15 is 0 Å². The minimum Gasteiger partial charge on any atom is -0.355 e. The van der Waals surface area contributed by atoms with Gasteiger partial charge in [-0.2, -0.15) is 5.10 Å². The molecule has 0 aliphatic heterocycles. The Hall–Kier alpha value is -2.63. The third-order valence-corrected chi connectivity index (χ3v) is 4.03. The van der Waals surface area contributed by atoms with Gasteiger partial charge in [-0.1, -0.05) is 19.1 Å². The number of rotatable bonds is 6. The number of hydrogen-bond acceptors (Lipinski definition) is 3. The topological polar surface area (TPSA) is 76.0 Å². The molecule has 1 aliphatic rings. The van der Waals surface area contributed by atoms with E-state index in [0.29, 0.717) is 18.2 Å². The van der Waals surface area contributed by atoms with E-state index in [9.17, 15) is 9.59 Å². The largest absolute Gasteiger partial charge is 0.355 e. The van der Waals surface area contributed by atoms with Gasteiger partial charge < -0.3 is 10.6 Å². The Morgan fingerprint density at radius 3 is 2.78 bits per heavy atom. The number of carbonyl (C=O) groups is 2. The summed E-state index contributed by atoms with van der Waals surface area (Å²) in [5.41, 5.74) is 1.50. The van der Waals surface area contributed by atoms with Crippen molar-refractivity contribution in [2.24, 2.45) is 11.8 Å². The monoisotopic (exact) mass is 312 g/mol. The summed E-state index contributed by atoms with van der Waals surface area (Å²) in [5, 5.41) is 9.87. The third kappa shape index (κ3) is 3.77. The fraction of sp³-hybridized carbons (Fsp3) is 0.353. The van der Waals surface area contributed by atoms with Crippen LogP contribution in [0.4, 0.5) is 5.69 Å². The highest BCUT2D eigenvalue weighted by Gasteiger charge is 2.38. The van der Waals surface area contributed by atoms with Gasteiger partial charge >= 0.3 is 0 Å². The molecule has 0 saturated heterocycles. The second-order valence-corrected chi connectivity index (χ2v) is 5.88. The Bertz CT molecular complexity index is 696. The van der Waals surface area contributed by atoms with Crippen molar-refractivity contribution < 1.29 is 9.59 Å². The lowest BCUT2D eigenvalue weighted by atomic mass is 10.2. The molecule has 23 heavy (non-hydrogen) atoms. The highest BCUT2D eigenvalue weighted by Crippen LogP contribution is 2.37. The van der Waals surface area contributed by atoms with E-state index in [1.54, 1.807) is 10.9 Å². The molecule has 0 bridgehead atoms. The Morgan fingerprint density at radius 2 is 2.09 bits per heavy atom. The van der Waals surface area contributed by atoms with Crippen LogP contribution in [-0.4, -0.2) is 28.1 Å². The average molecular weight is 312 g/mol. The molecular formula is C17H20N4O2. The van der Waals surface area contributed by atoms with E-state index in [-0.39, 0.29) is 24.2 Å². The molecule has 3 rings (SSSR count). The van der Waals surface area contributed by atoms with Crippen molar-refractivity contribution in [1.29, 1.82) is 0 Å². The molecule has 120 valence electrons. The molecule has 1 aromatic carbocycles. The molecular weight excluding hydrogens is 292 g/mol. The minimum atomic E-state index is -0.131. The van der Waals surface area contributed by atoms with Gasteiger partial charge in [-0.05, 0) is 30.5 Å². The van der Waals surface area contributed by atoms with E-state index < -0.39 is 0 Å². The van der Waals surface area contributed by atoms with Crippen molar-refractivity contribution >= 4 is 17.5 Å². The summed E-state index contributed by atoms with van der Waals surface area (Å²) in [6.07, 6.45) is 4.71. The Balaban J connectivity index is 1.53. The van der Waals surface area contributed by atoms with Crippen LogP contribution in [0.15, 0.2) is 42.7 Å². The van der Waals surface area contributed by atoms with E-state index in [1.807, 2.05) is 36.5 Å². The van der Waals surface area contributed by atoms with Crippen LogP contribution in [-0.2, 0) is 9.59 Å². The second kappa shape index (κ2) is 6.64. The van der Waals surface area contributed by atoms with Crippen LogP contribution >= 0.6 is 0 Å². The van der Waals surface area contributed by atoms with Gasteiger partial charge in [-0.3, -0.25) is 9.59 Å². The van der Waals surface area contributed by atoms with Crippen LogP contribution < -0.4 is 10.6 Å². The minimum absolute atomic E-state index is 0.0576. The summed E-state index contributed by atoms with van der Waals surface area (Å²) in [4.78, 5) is 23.8. The summed E-state index contributed by atoms with van der Waals surface area (Å²) in [5.74, 6) is 0.541. The lowest BCUT2D eigenvalue weighted by Gasteiger charge is -2.11. The lowest BCUT2D eigenvalue weighted by Crippen LogP contribution is -2.29. The SMILES string of the molecule is C[C@H]1C[C@@H]1C(=O)NCCC(=O)Nc1ccccc1-n1cccn1. The van der Waals surface area contributed by atoms with Gasteiger partial charge in [0.15, 0.2) is 0 Å². The van der Waals surface area contributed by atoms with Crippen LogP contribution in [0.25, 0.3) is 5.69 Å². The molecule has 1 saturated carbocycles. The number of aromatic nitrogens is 2. The van der Waals surface area contributed by atoms with Crippen molar-refractivity contribution in [1.82, 2.24) is 15.1 Å². The first-order chi connectivity index (χ1) is 11.1. The Kier molecular flexibility index (Phi) is 4.41. The standard InChI is InChI=1S/C17H20N4O2/c1-12-11-13(12)17(23)18-9-7-16(22)20-14-5-2-3-6-15(14)21-10-4-8-19-21/h2-6,8,10,12-13H,7,9,11H2,1H3,(H,18,23)(H,20,22)/t12-,13-/m0/s1. The number of benzene rings is 1. The molecule has 1 heterocycles. The van der Waals surface area contributed by atoms with Gasteiger partial charge in [-0.25, -0.2) is 4.68 Å². The van der Waals surface area contributed by atoms with Gasteiger partial charge in [0, 0.05) is 31.3 Å². The van der Waals surface area contributed by atoms with Crippen molar-refractivity contribution in [3.8, 4) is 5.69 Å². The average Bonchev–Trinajstić information content (AvgIpc) is 3.04. The van der Waals surface area contributed by atoms with Crippen molar-refractivity contribution in [3.63, 3.8) is 0 Å². The molecule has 2 aromatic rings. The number of anilines is 1. The van der Waals surface area contributed by atoms with E-state index in [0.717, 1.165) is 12.1 Å². The summed E-state index contributed by atoms with van der Waals surface area (Å²) in [6, 6.07) is 9.30. The molecule has 0 unspecified atom stereocenters. The first kappa shape index (κ1) is 15.3. The molecule has 0 spiro atoms. The van der Waals surface area contributed by atoms with Gasteiger partial charge in [0.05, 0.1) is 11.4 Å². The Morgan fingerprint density at radius 1 is 1.30 bits per heavy atom. The van der Waals surface area contributed by atoms with Crippen molar-refractivity contribution in [3.05, 3.63) is 42.7 Å². The fourth-order valence-corrected chi connectivity index (χ4v) is 2.52. The third-order valence-electron chi connectivity index (χ3n) is 4.03. The molecule has 2 atom stereocenters. The zero-order valence-corrected chi connectivity index (χ0v) is 13.0. The van der Waals surface area contributed by atoms with Gasteiger partial charge in [0.25, 0.3) is 0 Å². The van der Waals surface area contributed by atoms with Crippen LogP contribution in [0.3, 0.4) is 0 Å². The predicted molar refractivity (Wildman–Crippen MR) is 87.1 cm³/mol. The number of hydrogen-bond donors (Lipinski definition) is 2. The fourth-order valence-electron chi connectivity index (χ4n) is 2.52. The van der Waals surface area contributed by atoms with Crippen LogP contribution in [0.2, 0.25) is 0 Å². The quantitative estimate of drug-likeness (QED) is 0.856. The maximum absolute atomic E-state index is 12.1. The Labute approximate surface area is 134 Å². The number of amides is 2. The summed E-state index contributed by atoms with van der Waals surface area (Å²) in [6.45, 7) is 2.42. The van der Waals surface area contributed by atoms with Crippen LogP contribution in [0.1, 0.15) is 19.8 Å². The maximum Gasteiger partial charge on any atom is 0.226 e. The number of carbonyl (C=O) groups excluding carboxylic acids is 2. The molecule has 6 nitrogen and oxygen atoms in total. The van der Waals surface area contributed by atoms with E-state index in [1.165, 1.54) is 0 Å². The molecule has 0 radical (unpaired) electrons. The summed E-state index contributed by atoms with van der Waals surface area (Å²) < 4.78 is 1.70. The van der Waals surface area contributed by atoms with Crippen molar-refractivity contribution in [2.45, 2.75) is 19.8 Å². The predicted octanol–water partition coefficient (Wildman–Crippen LogP) is 1.97. The molecule has 1 aliphatic carbocycles. The number of para-hydroxylation sites is 2. The number of nitrogens with one attached hydrogen (secondary N) is 2. The highest BCUT2D eigenvalue weighted by atomic mass is 16.2. The van der Waals surface area contributed by atoms with E-state index in [2.05, 4.69) is 22.7 Å². The highest BCUT2D eigenvalue weighted by molar-refractivity contribution is 5.93. The van der Waals surface area contributed by atoms with E-state index in [4.69, 9.17) is 0 Å². The zero-order valence-electron chi connectivity index (χ0n) is 13.0. The smallest absolute Gasteiger partial charge is 0.226 e. The van der Waals surface area contributed by atoms with Crippen LogP contribution in [0, 0.1) is 11.8 Å². The van der Waals surface area contributed by atoms with Crippen LogP contribution in [0.5, 0.6) is 0 Å². The normalized spacial score (nSPS) is 19.2. The lowest BCUT2D eigenvalue weighted by molar-refractivity contribution is -0.122. The summed E-state index contributed by atoms with van der Waals surface area (Å²) in [7, 11) is 0. The molecule has 2 amide bonds. The maximum atomic E-state index is 12.1. The van der Waals surface area contributed by atoms with Gasteiger partial charge in [0.1, 0.15) is 0 Å². The van der Waals surface area contributed by atoms with Gasteiger partial charge in [0.2, 0.25) is 11.8 Å².